The molecule has 0 spiro atoms. The summed E-state index contributed by atoms with van der Waals surface area (Å²) in [6.45, 7) is 2.25. The van der Waals surface area contributed by atoms with Gasteiger partial charge < -0.3 is 25.9 Å². The Labute approximate surface area is 174 Å². The number of aliphatic carboxylic acids is 1. The van der Waals surface area contributed by atoms with E-state index in [9.17, 15) is 22.5 Å². The third-order valence-electron chi connectivity index (χ3n) is 3.83. The average molecular weight is 466 g/mol. The quantitative estimate of drug-likeness (QED) is 0.182. The van der Waals surface area contributed by atoms with Crippen LogP contribution in [0, 0.1) is 0 Å². The largest absolute Gasteiger partial charge is 0.490 e. The van der Waals surface area contributed by atoms with Gasteiger partial charge in [-0.05, 0) is 6.42 Å². The second-order valence-electron chi connectivity index (χ2n) is 6.67. The number of unbranched alkanes of at least 4 members (excludes halogenated alkanes) is 9. The molecule has 1 atom stereocenters. The molecule has 0 aromatic carbocycles. The molecule has 0 fully saturated rings. The SMILES string of the molecule is CCCCCCCCCCCCNC(=O)[C@@H](N)COP(=O)(O)O.O=C(O)C(F)(F)F. The summed E-state index contributed by atoms with van der Waals surface area (Å²) >= 11 is 0. The van der Waals surface area contributed by atoms with Crippen molar-refractivity contribution in [3.8, 4) is 0 Å². The zero-order valence-corrected chi connectivity index (χ0v) is 18.1. The van der Waals surface area contributed by atoms with E-state index in [1.165, 1.54) is 44.9 Å². The first kappa shape index (κ1) is 31.0. The highest BCUT2D eigenvalue weighted by Crippen LogP contribution is 2.35. The van der Waals surface area contributed by atoms with Gasteiger partial charge in [0.05, 0.1) is 6.61 Å². The first-order valence-corrected chi connectivity index (χ1v) is 11.4. The Morgan fingerprint density at radius 1 is 1.00 bits per heavy atom. The van der Waals surface area contributed by atoms with Crippen molar-refractivity contribution in [3.05, 3.63) is 0 Å². The number of phosphoric ester groups is 1. The maximum Gasteiger partial charge on any atom is 0.490 e. The van der Waals surface area contributed by atoms with Crippen molar-refractivity contribution < 1.29 is 46.7 Å². The van der Waals surface area contributed by atoms with E-state index in [-0.39, 0.29) is 0 Å². The summed E-state index contributed by atoms with van der Waals surface area (Å²) in [5.41, 5.74) is 5.47. The van der Waals surface area contributed by atoms with Gasteiger partial charge in [-0.25, -0.2) is 9.36 Å². The summed E-state index contributed by atoms with van der Waals surface area (Å²) in [4.78, 5) is 37.5. The Morgan fingerprint density at radius 3 is 1.77 bits per heavy atom. The van der Waals surface area contributed by atoms with Crippen LogP contribution in [-0.4, -0.2) is 52.1 Å². The lowest BCUT2D eigenvalue weighted by atomic mass is 10.1. The first-order chi connectivity index (χ1) is 13.8. The number of carbonyl (C=O) groups is 2. The summed E-state index contributed by atoms with van der Waals surface area (Å²) < 4.78 is 46.4. The van der Waals surface area contributed by atoms with E-state index < -0.39 is 38.5 Å². The smallest absolute Gasteiger partial charge is 0.475 e. The Kier molecular flexibility index (Phi) is 18.1. The molecule has 0 rings (SSSR count). The molecule has 0 bridgehead atoms. The molecule has 0 aliphatic heterocycles. The number of nitrogens with one attached hydrogen (secondary N) is 1. The number of carboxylic acids is 1. The van der Waals surface area contributed by atoms with Crippen LogP contribution in [0.2, 0.25) is 0 Å². The molecule has 0 unspecified atom stereocenters. The molecule has 0 radical (unpaired) electrons. The predicted molar refractivity (Wildman–Crippen MR) is 105 cm³/mol. The highest BCUT2D eigenvalue weighted by Gasteiger charge is 2.38. The summed E-state index contributed by atoms with van der Waals surface area (Å²) in [5, 5.41) is 9.77. The van der Waals surface area contributed by atoms with Crippen LogP contribution >= 0.6 is 7.82 Å². The van der Waals surface area contributed by atoms with Crippen LogP contribution in [-0.2, 0) is 18.7 Å². The summed E-state index contributed by atoms with van der Waals surface area (Å²) in [6.07, 6.45) is 7.13. The number of halogens is 3. The third-order valence-corrected chi connectivity index (χ3v) is 4.32. The van der Waals surface area contributed by atoms with Gasteiger partial charge in [0.25, 0.3) is 0 Å². The standard InChI is InChI=1S/C15H33N2O5P.C2HF3O2/c1-2-3-4-5-6-7-8-9-10-11-12-17-15(18)14(16)13-22-23(19,20)21;3-2(4,5)1(6)7/h14H,2-13,16H2,1H3,(H,17,18)(H2,19,20,21);(H,6,7)/t14-;/m0./s1. The van der Waals surface area contributed by atoms with E-state index in [0.29, 0.717) is 6.54 Å². The molecule has 0 aromatic rings. The van der Waals surface area contributed by atoms with Gasteiger partial charge in [0.1, 0.15) is 6.04 Å². The molecule has 0 aliphatic carbocycles. The van der Waals surface area contributed by atoms with Gasteiger partial charge >= 0.3 is 20.0 Å². The number of nitrogens with two attached hydrogens (primary N) is 1. The van der Waals surface area contributed by atoms with Crippen LogP contribution in [0.25, 0.3) is 0 Å². The van der Waals surface area contributed by atoms with Crippen LogP contribution in [0.15, 0.2) is 0 Å². The maximum absolute atomic E-state index is 11.6. The zero-order chi connectivity index (χ0) is 23.6. The number of phosphoric acid groups is 1. The monoisotopic (exact) mass is 466 g/mol. The Hall–Kier alpha value is -1.20. The fraction of sp³-hybridized carbons (Fsp3) is 0.882. The van der Waals surface area contributed by atoms with Gasteiger partial charge in [-0.3, -0.25) is 9.32 Å². The molecule has 0 aromatic heterocycles. The van der Waals surface area contributed by atoms with Crippen LogP contribution in [0.4, 0.5) is 13.2 Å². The first-order valence-electron chi connectivity index (χ1n) is 9.84. The van der Waals surface area contributed by atoms with Crippen molar-refractivity contribution in [2.24, 2.45) is 5.73 Å². The van der Waals surface area contributed by atoms with Crippen molar-refractivity contribution in [1.29, 1.82) is 0 Å². The van der Waals surface area contributed by atoms with E-state index in [0.717, 1.165) is 19.3 Å². The number of carbonyl (C=O) groups excluding carboxylic acids is 1. The number of alkyl halides is 3. The molecule has 1 amide bonds. The Morgan fingerprint density at radius 2 is 1.40 bits per heavy atom. The zero-order valence-electron chi connectivity index (χ0n) is 17.2. The molecule has 0 saturated carbocycles. The molecule has 0 saturated heterocycles. The minimum atomic E-state index is -5.08. The Bertz CT molecular complexity index is 516. The third kappa shape index (κ3) is 23.1. The fourth-order valence-corrected chi connectivity index (χ4v) is 2.56. The molecule has 30 heavy (non-hydrogen) atoms. The van der Waals surface area contributed by atoms with Crippen molar-refractivity contribution in [2.45, 2.75) is 83.4 Å². The highest BCUT2D eigenvalue weighted by atomic mass is 31.2. The van der Waals surface area contributed by atoms with E-state index in [2.05, 4.69) is 16.8 Å². The summed E-state index contributed by atoms with van der Waals surface area (Å²) in [5.74, 6) is -3.21. The van der Waals surface area contributed by atoms with Crippen molar-refractivity contribution in [1.82, 2.24) is 5.32 Å². The Balaban J connectivity index is 0. The van der Waals surface area contributed by atoms with Gasteiger partial charge in [-0.15, -0.1) is 0 Å². The molecule has 0 aliphatic rings. The van der Waals surface area contributed by atoms with Crippen molar-refractivity contribution in [3.63, 3.8) is 0 Å². The molecule has 6 N–H and O–H groups in total. The van der Waals surface area contributed by atoms with Gasteiger partial charge in [-0.1, -0.05) is 64.7 Å². The molecular formula is C17H34F3N2O7P. The van der Waals surface area contributed by atoms with E-state index in [1.54, 1.807) is 0 Å². The number of amides is 1. The topological polar surface area (TPSA) is 159 Å². The van der Waals surface area contributed by atoms with Gasteiger partial charge in [0.2, 0.25) is 5.91 Å². The summed E-state index contributed by atoms with van der Waals surface area (Å²) in [6, 6.07) is -1.06. The fourth-order valence-electron chi connectivity index (χ4n) is 2.21. The van der Waals surface area contributed by atoms with Crippen LogP contribution < -0.4 is 11.1 Å². The molecule has 9 nitrogen and oxygen atoms in total. The van der Waals surface area contributed by atoms with Crippen LogP contribution in [0.3, 0.4) is 0 Å². The number of carboxylic acid groups (broad SMARTS) is 1. The lowest BCUT2D eigenvalue weighted by Gasteiger charge is -2.12. The molecule has 180 valence electrons. The van der Waals surface area contributed by atoms with E-state index >= 15 is 0 Å². The number of hydrogen-bond acceptors (Lipinski definition) is 5. The normalized spacial score (nSPS) is 12.6. The predicted octanol–water partition coefficient (Wildman–Crippen LogP) is 3.09. The van der Waals surface area contributed by atoms with Gasteiger partial charge in [0, 0.05) is 6.54 Å². The van der Waals surface area contributed by atoms with Gasteiger partial charge in [-0.2, -0.15) is 13.2 Å². The maximum atomic E-state index is 11.6. The van der Waals surface area contributed by atoms with E-state index in [1.807, 2.05) is 0 Å². The molecular weight excluding hydrogens is 432 g/mol. The number of hydrogen-bond donors (Lipinski definition) is 5. The van der Waals surface area contributed by atoms with Crippen LogP contribution in [0.1, 0.15) is 71.1 Å². The molecule has 0 heterocycles. The van der Waals surface area contributed by atoms with E-state index in [4.69, 9.17) is 25.4 Å². The van der Waals surface area contributed by atoms with Crippen molar-refractivity contribution in [2.75, 3.05) is 13.2 Å². The summed E-state index contributed by atoms with van der Waals surface area (Å²) in [7, 11) is -4.58. The number of rotatable bonds is 15. The second-order valence-corrected chi connectivity index (χ2v) is 7.91. The average Bonchev–Trinajstić information content (AvgIpc) is 2.63. The van der Waals surface area contributed by atoms with Gasteiger partial charge in [0.15, 0.2) is 0 Å². The lowest BCUT2D eigenvalue weighted by Crippen LogP contribution is -2.43. The molecule has 13 heteroatoms. The van der Waals surface area contributed by atoms with Crippen LogP contribution in [0.5, 0.6) is 0 Å². The minimum Gasteiger partial charge on any atom is -0.475 e. The highest BCUT2D eigenvalue weighted by molar-refractivity contribution is 7.46. The minimum absolute atomic E-state index is 0.450. The van der Waals surface area contributed by atoms with Crippen molar-refractivity contribution >= 4 is 19.7 Å². The second kappa shape index (κ2) is 17.5. The lowest BCUT2D eigenvalue weighted by molar-refractivity contribution is -0.192.